The van der Waals surface area contributed by atoms with Gasteiger partial charge in [-0.15, -0.1) is 0 Å². The summed E-state index contributed by atoms with van der Waals surface area (Å²) in [4.78, 5) is 0.511. The Labute approximate surface area is 94.6 Å². The van der Waals surface area contributed by atoms with Gasteiger partial charge < -0.3 is 15.1 Å². The zero-order chi connectivity index (χ0) is 12.1. The predicted octanol–water partition coefficient (Wildman–Crippen LogP) is 2.06. The number of aliphatic hydroxyl groups is 1. The summed E-state index contributed by atoms with van der Waals surface area (Å²) in [6.07, 6.45) is -0.644. The van der Waals surface area contributed by atoms with E-state index in [4.69, 9.17) is 4.74 Å². The molecule has 1 aromatic rings. The largest absolute Gasteiger partial charge is 0.594 e. The van der Waals surface area contributed by atoms with Crippen LogP contribution in [0.1, 0.15) is 13.8 Å². The van der Waals surface area contributed by atoms with Crippen molar-refractivity contribution in [2.24, 2.45) is 5.11 Å². The molecule has 0 saturated carbocycles. The number of azo groups is 1. The minimum Gasteiger partial charge on any atom is -0.594 e. The van der Waals surface area contributed by atoms with Crippen molar-refractivity contribution in [1.29, 1.82) is 0 Å². The van der Waals surface area contributed by atoms with Gasteiger partial charge in [-0.1, -0.05) is 4.86 Å². The highest BCUT2D eigenvalue weighted by molar-refractivity contribution is 5.35. The van der Waals surface area contributed by atoms with E-state index in [-0.39, 0.29) is 0 Å². The van der Waals surface area contributed by atoms with Gasteiger partial charge in [0.1, 0.15) is 11.8 Å². The van der Waals surface area contributed by atoms with Crippen LogP contribution in [0.3, 0.4) is 0 Å². The minimum absolute atomic E-state index is 0.410. The van der Waals surface area contributed by atoms with Crippen molar-refractivity contribution < 1.29 is 14.7 Å². The van der Waals surface area contributed by atoms with Crippen molar-refractivity contribution in [3.8, 4) is 5.75 Å². The van der Waals surface area contributed by atoms with Crippen LogP contribution < -0.4 is 4.74 Å². The lowest BCUT2D eigenvalue weighted by atomic mass is 10.2. The lowest BCUT2D eigenvalue weighted by molar-refractivity contribution is -0.447. The van der Waals surface area contributed by atoms with Crippen LogP contribution in [0.15, 0.2) is 29.4 Å². The Morgan fingerprint density at radius 1 is 1.31 bits per heavy atom. The molecular formula is C11H16N2O3. The van der Waals surface area contributed by atoms with Crippen LogP contribution >= 0.6 is 0 Å². The first-order chi connectivity index (χ1) is 7.54. The molecule has 0 aromatic heterocycles. The number of hydrogen-bond donors (Lipinski definition) is 1. The van der Waals surface area contributed by atoms with Crippen molar-refractivity contribution in [2.75, 3.05) is 7.11 Å². The first kappa shape index (κ1) is 12.4. The maximum absolute atomic E-state index is 11.6. The Morgan fingerprint density at radius 3 is 2.31 bits per heavy atom. The summed E-state index contributed by atoms with van der Waals surface area (Å²) >= 11 is 0. The number of aliphatic hydroxyl groups excluding tert-OH is 1. The molecule has 1 aromatic carbocycles. The molecule has 88 valence electrons. The summed E-state index contributed by atoms with van der Waals surface area (Å²) in [5, 5.41) is 24.6. The highest BCUT2D eigenvalue weighted by atomic mass is 16.5. The van der Waals surface area contributed by atoms with Gasteiger partial charge in [-0.25, -0.2) is 0 Å². The molecule has 1 N–H and O–H groups in total. The second-order valence-corrected chi connectivity index (χ2v) is 3.57. The summed E-state index contributed by atoms with van der Waals surface area (Å²) in [5.41, 5.74) is 0.410. The fourth-order valence-electron chi connectivity index (χ4n) is 1.04. The van der Waals surface area contributed by atoms with E-state index >= 15 is 0 Å². The molecule has 0 aliphatic rings. The first-order valence-electron chi connectivity index (χ1n) is 5.04. The highest BCUT2D eigenvalue weighted by Crippen LogP contribution is 2.18. The molecule has 0 saturated heterocycles. The molecule has 0 amide bonds. The van der Waals surface area contributed by atoms with Crippen molar-refractivity contribution in [2.45, 2.75) is 26.0 Å². The van der Waals surface area contributed by atoms with E-state index in [0.717, 1.165) is 0 Å². The quantitative estimate of drug-likeness (QED) is 0.483. The minimum atomic E-state index is -0.644. The molecule has 0 radical (unpaired) electrons. The van der Waals surface area contributed by atoms with E-state index in [1.807, 2.05) is 0 Å². The number of benzene rings is 1. The number of ether oxygens (including phenoxy) is 1. The molecule has 16 heavy (non-hydrogen) atoms. The average molecular weight is 224 g/mol. The molecule has 2 unspecified atom stereocenters. The van der Waals surface area contributed by atoms with E-state index in [2.05, 4.69) is 5.11 Å². The van der Waals surface area contributed by atoms with Gasteiger partial charge in [0.25, 0.3) is 0 Å². The van der Waals surface area contributed by atoms with Crippen molar-refractivity contribution in [1.82, 2.24) is 0 Å². The van der Waals surface area contributed by atoms with Crippen molar-refractivity contribution in [3.63, 3.8) is 0 Å². The molecule has 0 aliphatic heterocycles. The third-order valence-electron chi connectivity index (χ3n) is 2.28. The van der Waals surface area contributed by atoms with Crippen LogP contribution in [0.2, 0.25) is 0 Å². The van der Waals surface area contributed by atoms with Crippen molar-refractivity contribution in [3.05, 3.63) is 29.5 Å². The number of rotatable bonds is 4. The van der Waals surface area contributed by atoms with Crippen LogP contribution in [-0.4, -0.2) is 29.2 Å². The first-order valence-corrected chi connectivity index (χ1v) is 5.04. The fourth-order valence-corrected chi connectivity index (χ4v) is 1.04. The predicted molar refractivity (Wildman–Crippen MR) is 59.9 cm³/mol. The lowest BCUT2D eigenvalue weighted by Gasteiger charge is -2.08. The van der Waals surface area contributed by atoms with Gasteiger partial charge in [0.05, 0.1) is 13.2 Å². The topological polar surface area (TPSA) is 67.9 Å². The Morgan fingerprint density at radius 2 is 1.88 bits per heavy atom. The van der Waals surface area contributed by atoms with Gasteiger partial charge in [-0.05, 0) is 31.1 Å². The van der Waals surface area contributed by atoms with Gasteiger partial charge >= 0.3 is 0 Å². The van der Waals surface area contributed by atoms with Crippen LogP contribution in [0.25, 0.3) is 0 Å². The van der Waals surface area contributed by atoms with Gasteiger partial charge in [0.15, 0.2) is 0 Å². The second kappa shape index (κ2) is 5.46. The summed E-state index contributed by atoms with van der Waals surface area (Å²) < 4.78 is 4.98. The molecule has 0 fully saturated rings. The van der Waals surface area contributed by atoms with E-state index < -0.39 is 12.1 Å². The highest BCUT2D eigenvalue weighted by Gasteiger charge is 2.12. The summed E-state index contributed by atoms with van der Waals surface area (Å²) in [6.45, 7) is 3.27. The molecular weight excluding hydrogens is 208 g/mol. The molecule has 0 spiro atoms. The Hall–Kier alpha value is -1.62. The van der Waals surface area contributed by atoms with Crippen molar-refractivity contribution >= 4 is 5.69 Å². The third-order valence-corrected chi connectivity index (χ3v) is 2.28. The zero-order valence-corrected chi connectivity index (χ0v) is 9.62. The third kappa shape index (κ3) is 3.20. The maximum Gasteiger partial charge on any atom is 0.244 e. The molecule has 1 rings (SSSR count). The Balaban J connectivity index is 2.83. The average Bonchev–Trinajstić information content (AvgIpc) is 2.28. The molecule has 0 bridgehead atoms. The standard InChI is InChI=1S/C11H16N2O3/c1-8(9(2)14)12-13(15)10-4-6-11(16-3)7-5-10/h4-9,14H,1-3H3. The Bertz CT molecular complexity index is 360. The number of methoxy groups -OCH3 is 1. The van der Waals surface area contributed by atoms with Crippen LogP contribution in [-0.2, 0) is 0 Å². The van der Waals surface area contributed by atoms with E-state index in [0.29, 0.717) is 16.3 Å². The van der Waals surface area contributed by atoms with Crippen LogP contribution in [0, 0.1) is 5.21 Å². The SMILES string of the molecule is COc1ccc([N+]([O-])=NC(C)C(C)O)cc1. The van der Waals surface area contributed by atoms with E-state index in [9.17, 15) is 10.3 Å². The van der Waals surface area contributed by atoms with Gasteiger partial charge in [-0.2, -0.15) is 0 Å². The number of hydrogen-bond acceptors (Lipinski definition) is 4. The zero-order valence-electron chi connectivity index (χ0n) is 9.62. The molecule has 2 atom stereocenters. The molecule has 5 heteroatoms. The van der Waals surface area contributed by atoms with E-state index in [1.165, 1.54) is 0 Å². The smallest absolute Gasteiger partial charge is 0.244 e. The van der Waals surface area contributed by atoms with Crippen LogP contribution in [0.4, 0.5) is 5.69 Å². The summed E-state index contributed by atoms with van der Waals surface area (Å²) in [6, 6.07) is 6.17. The van der Waals surface area contributed by atoms with Gasteiger partial charge in [0, 0.05) is 12.1 Å². The molecule has 0 aliphatic carbocycles. The summed E-state index contributed by atoms with van der Waals surface area (Å²) in [5.74, 6) is 0.681. The normalized spacial score (nSPS) is 15.6. The molecule has 0 heterocycles. The second-order valence-electron chi connectivity index (χ2n) is 3.57. The fraction of sp³-hybridized carbons (Fsp3) is 0.455. The number of nitrogens with zero attached hydrogens (tertiary/aromatic N) is 2. The van der Waals surface area contributed by atoms with Gasteiger partial charge in [0.2, 0.25) is 5.69 Å². The van der Waals surface area contributed by atoms with Crippen LogP contribution in [0.5, 0.6) is 5.75 Å². The maximum atomic E-state index is 11.6. The molecule has 5 nitrogen and oxygen atoms in total. The van der Waals surface area contributed by atoms with E-state index in [1.54, 1.807) is 45.2 Å². The van der Waals surface area contributed by atoms with Gasteiger partial charge in [-0.3, -0.25) is 0 Å². The Kier molecular flexibility index (Phi) is 4.25. The lowest BCUT2D eigenvalue weighted by Crippen LogP contribution is -2.18. The summed E-state index contributed by atoms with van der Waals surface area (Å²) in [7, 11) is 1.56. The monoisotopic (exact) mass is 224 g/mol.